The summed E-state index contributed by atoms with van der Waals surface area (Å²) in [5.74, 6) is 0.588. The minimum atomic E-state index is 0.588. The van der Waals surface area contributed by atoms with E-state index in [1.807, 2.05) is 22.8 Å². The maximum absolute atomic E-state index is 6.14. The fraction of sp³-hybridized carbons (Fsp3) is 0.0833. The van der Waals surface area contributed by atoms with Crippen LogP contribution in [0.15, 0.2) is 41.7 Å². The zero-order valence-corrected chi connectivity index (χ0v) is 11.4. The van der Waals surface area contributed by atoms with Crippen molar-refractivity contribution in [3.05, 3.63) is 46.7 Å². The van der Waals surface area contributed by atoms with Gasteiger partial charge >= 0.3 is 0 Å². The predicted octanol–water partition coefficient (Wildman–Crippen LogP) is 3.73. The van der Waals surface area contributed by atoms with E-state index in [9.17, 15) is 0 Å². The van der Waals surface area contributed by atoms with Crippen molar-refractivity contribution in [1.29, 1.82) is 0 Å². The molecule has 1 aromatic heterocycles. The molecule has 0 bridgehead atoms. The second-order valence-electron chi connectivity index (χ2n) is 3.54. The molecule has 0 fully saturated rings. The van der Waals surface area contributed by atoms with Gasteiger partial charge in [0.25, 0.3) is 0 Å². The molecule has 88 valence electrons. The Hall–Kier alpha value is -1.26. The Morgan fingerprint density at radius 1 is 1.53 bits per heavy atom. The van der Waals surface area contributed by atoms with Crippen LogP contribution < -0.4 is 5.73 Å². The van der Waals surface area contributed by atoms with Crippen LogP contribution in [0, 0.1) is 0 Å². The molecule has 2 aromatic rings. The number of nitrogens with two attached hydrogens (primary N) is 1. The summed E-state index contributed by atoms with van der Waals surface area (Å²) in [7, 11) is 0. The van der Waals surface area contributed by atoms with Crippen molar-refractivity contribution in [2.75, 3.05) is 5.73 Å². The van der Waals surface area contributed by atoms with Gasteiger partial charge in [-0.15, -0.1) is 6.58 Å². The van der Waals surface area contributed by atoms with Crippen molar-refractivity contribution in [3.63, 3.8) is 0 Å². The molecule has 1 aromatic carbocycles. The van der Waals surface area contributed by atoms with Crippen molar-refractivity contribution in [3.8, 4) is 11.3 Å². The molecule has 0 unspecified atom stereocenters. The van der Waals surface area contributed by atoms with Crippen LogP contribution >= 0.6 is 27.5 Å². The van der Waals surface area contributed by atoms with Crippen molar-refractivity contribution in [2.45, 2.75) is 6.54 Å². The molecule has 3 nitrogen and oxygen atoms in total. The van der Waals surface area contributed by atoms with E-state index in [0.29, 0.717) is 23.1 Å². The lowest BCUT2D eigenvalue weighted by molar-refractivity contribution is 0.833. The highest BCUT2D eigenvalue weighted by Gasteiger charge is 2.12. The lowest BCUT2D eigenvalue weighted by Crippen LogP contribution is -2.00. The first-order chi connectivity index (χ1) is 8.13. The molecule has 5 heteroatoms. The van der Waals surface area contributed by atoms with Gasteiger partial charge in [-0.3, -0.25) is 0 Å². The number of imidazole rings is 1. The lowest BCUT2D eigenvalue weighted by Gasteiger charge is -2.05. The van der Waals surface area contributed by atoms with Crippen molar-refractivity contribution >= 4 is 33.3 Å². The number of hydrogen-bond donors (Lipinski definition) is 1. The summed E-state index contributed by atoms with van der Waals surface area (Å²) in [6.45, 7) is 4.30. The fourth-order valence-electron chi connectivity index (χ4n) is 1.56. The maximum atomic E-state index is 6.14. The third-order valence-corrected chi connectivity index (χ3v) is 3.21. The largest absolute Gasteiger partial charge is 0.383 e. The molecule has 17 heavy (non-hydrogen) atoms. The van der Waals surface area contributed by atoms with Gasteiger partial charge in [0, 0.05) is 16.6 Å². The van der Waals surface area contributed by atoms with E-state index in [1.165, 1.54) is 0 Å². The molecule has 2 rings (SSSR count). The lowest BCUT2D eigenvalue weighted by atomic mass is 10.1. The second-order valence-corrected chi connectivity index (χ2v) is 4.87. The number of aromatic nitrogens is 2. The summed E-state index contributed by atoms with van der Waals surface area (Å²) in [4.78, 5) is 4.29. The first-order valence-corrected chi connectivity index (χ1v) is 6.17. The van der Waals surface area contributed by atoms with Crippen molar-refractivity contribution in [1.82, 2.24) is 9.55 Å². The number of nitrogens with zero attached hydrogens (tertiary/aromatic N) is 2. The van der Waals surface area contributed by atoms with Gasteiger partial charge in [-0.05, 0) is 18.2 Å². The van der Waals surface area contributed by atoms with Crippen LogP contribution in [0.3, 0.4) is 0 Å². The molecule has 0 aliphatic heterocycles. The van der Waals surface area contributed by atoms with Gasteiger partial charge in [0.2, 0.25) is 0 Å². The molecule has 0 spiro atoms. The summed E-state index contributed by atoms with van der Waals surface area (Å²) in [5.41, 5.74) is 7.53. The Morgan fingerprint density at radius 2 is 2.29 bits per heavy atom. The van der Waals surface area contributed by atoms with Crippen LogP contribution in [0.1, 0.15) is 0 Å². The van der Waals surface area contributed by atoms with Crippen LogP contribution in [0.4, 0.5) is 5.82 Å². The van der Waals surface area contributed by atoms with Crippen LogP contribution in [-0.4, -0.2) is 9.55 Å². The molecule has 0 aliphatic rings. The van der Waals surface area contributed by atoms with E-state index in [0.717, 1.165) is 10.0 Å². The summed E-state index contributed by atoms with van der Waals surface area (Å²) >= 11 is 9.55. The standard InChI is InChI=1S/C12H11BrClN3/c1-2-5-17-7-16-11(12(17)15)9-6-8(13)3-4-10(9)14/h2-4,6-7H,1,5,15H2. The molecule has 0 aliphatic carbocycles. The van der Waals surface area contributed by atoms with E-state index in [1.54, 1.807) is 12.4 Å². The van der Waals surface area contributed by atoms with E-state index >= 15 is 0 Å². The van der Waals surface area contributed by atoms with Gasteiger partial charge in [0.15, 0.2) is 0 Å². The Morgan fingerprint density at radius 3 is 3.00 bits per heavy atom. The van der Waals surface area contributed by atoms with Crippen LogP contribution in [0.2, 0.25) is 5.02 Å². The normalized spacial score (nSPS) is 10.5. The van der Waals surface area contributed by atoms with Crippen LogP contribution in [-0.2, 0) is 6.54 Å². The third kappa shape index (κ3) is 2.37. The van der Waals surface area contributed by atoms with Gasteiger partial charge in [-0.2, -0.15) is 0 Å². The second kappa shape index (κ2) is 4.94. The molecule has 0 radical (unpaired) electrons. The van der Waals surface area contributed by atoms with Gasteiger partial charge < -0.3 is 10.3 Å². The predicted molar refractivity (Wildman–Crippen MR) is 75.0 cm³/mol. The highest BCUT2D eigenvalue weighted by molar-refractivity contribution is 9.10. The number of anilines is 1. The smallest absolute Gasteiger partial charge is 0.131 e. The number of halogens is 2. The number of hydrogen-bond acceptors (Lipinski definition) is 2. The number of allylic oxidation sites excluding steroid dienone is 1. The topological polar surface area (TPSA) is 43.8 Å². The molecule has 0 amide bonds. The SMILES string of the molecule is C=CCn1cnc(-c2cc(Br)ccc2Cl)c1N. The third-order valence-electron chi connectivity index (χ3n) is 2.39. The van der Waals surface area contributed by atoms with Crippen LogP contribution in [0.5, 0.6) is 0 Å². The van der Waals surface area contributed by atoms with Gasteiger partial charge in [-0.1, -0.05) is 33.6 Å². The molecular formula is C12H11BrClN3. The van der Waals surface area contributed by atoms with E-state index < -0.39 is 0 Å². The zero-order valence-electron chi connectivity index (χ0n) is 9.03. The van der Waals surface area contributed by atoms with E-state index in [-0.39, 0.29) is 0 Å². The summed E-state index contributed by atoms with van der Waals surface area (Å²) < 4.78 is 2.76. The number of benzene rings is 1. The molecular weight excluding hydrogens is 302 g/mol. The van der Waals surface area contributed by atoms with Crippen molar-refractivity contribution in [2.24, 2.45) is 0 Å². The molecule has 1 heterocycles. The average Bonchev–Trinajstić information content (AvgIpc) is 2.65. The summed E-state index contributed by atoms with van der Waals surface area (Å²) in [6, 6.07) is 5.59. The monoisotopic (exact) mass is 311 g/mol. The van der Waals surface area contributed by atoms with Gasteiger partial charge in [-0.25, -0.2) is 4.98 Å². The molecule has 0 atom stereocenters. The Bertz CT molecular complexity index is 563. The zero-order chi connectivity index (χ0) is 12.4. The Balaban J connectivity index is 2.53. The minimum absolute atomic E-state index is 0.588. The summed E-state index contributed by atoms with van der Waals surface area (Å²) in [6.07, 6.45) is 3.45. The highest BCUT2D eigenvalue weighted by atomic mass is 79.9. The maximum Gasteiger partial charge on any atom is 0.131 e. The quantitative estimate of drug-likeness (QED) is 0.878. The number of nitrogen functional groups attached to an aromatic ring is 1. The van der Waals surface area contributed by atoms with Gasteiger partial charge in [0.05, 0.1) is 11.3 Å². The Kier molecular flexibility index (Phi) is 3.54. The van der Waals surface area contributed by atoms with E-state index in [2.05, 4.69) is 27.5 Å². The van der Waals surface area contributed by atoms with Crippen molar-refractivity contribution < 1.29 is 0 Å². The highest BCUT2D eigenvalue weighted by Crippen LogP contribution is 2.32. The van der Waals surface area contributed by atoms with E-state index in [4.69, 9.17) is 17.3 Å². The average molecular weight is 313 g/mol. The molecule has 0 saturated heterocycles. The first-order valence-electron chi connectivity index (χ1n) is 5.00. The summed E-state index contributed by atoms with van der Waals surface area (Å²) in [5, 5.41) is 0.628. The number of rotatable bonds is 3. The van der Waals surface area contributed by atoms with Gasteiger partial charge in [0.1, 0.15) is 11.5 Å². The Labute approximate surface area is 113 Å². The molecule has 0 saturated carbocycles. The van der Waals surface area contributed by atoms with Crippen LogP contribution in [0.25, 0.3) is 11.3 Å². The fourth-order valence-corrected chi connectivity index (χ4v) is 2.13. The minimum Gasteiger partial charge on any atom is -0.383 e. The molecule has 2 N–H and O–H groups in total. The first kappa shape index (κ1) is 12.2.